The fourth-order valence-electron chi connectivity index (χ4n) is 3.50. The molecular formula is C15H27N5O3. The fourth-order valence-corrected chi connectivity index (χ4v) is 3.50. The van der Waals surface area contributed by atoms with Crippen LogP contribution in [0.5, 0.6) is 0 Å². The van der Waals surface area contributed by atoms with E-state index in [-0.39, 0.29) is 6.10 Å². The zero-order valence-electron chi connectivity index (χ0n) is 14.1. The average molecular weight is 325 g/mol. The monoisotopic (exact) mass is 325 g/mol. The third kappa shape index (κ3) is 4.26. The van der Waals surface area contributed by atoms with Gasteiger partial charge in [-0.15, -0.1) is 5.10 Å². The molecule has 130 valence electrons. The first-order valence-electron chi connectivity index (χ1n) is 8.38. The van der Waals surface area contributed by atoms with Gasteiger partial charge in [-0.1, -0.05) is 0 Å². The highest BCUT2D eigenvalue weighted by molar-refractivity contribution is 4.91. The van der Waals surface area contributed by atoms with E-state index in [1.54, 1.807) is 14.2 Å². The SMILES string of the molecule is COC[C@@H]1C[C@@H](OC)CN1Cc1nnnn1CC1CCOCC1. The predicted octanol–water partition coefficient (Wildman–Crippen LogP) is 0.335. The van der Waals surface area contributed by atoms with Crippen molar-refractivity contribution in [3.05, 3.63) is 5.82 Å². The lowest BCUT2D eigenvalue weighted by molar-refractivity contribution is 0.0589. The second kappa shape index (κ2) is 8.14. The van der Waals surface area contributed by atoms with Crippen molar-refractivity contribution in [3.8, 4) is 0 Å². The van der Waals surface area contributed by atoms with Crippen molar-refractivity contribution in [1.29, 1.82) is 0 Å². The summed E-state index contributed by atoms with van der Waals surface area (Å²) >= 11 is 0. The van der Waals surface area contributed by atoms with Gasteiger partial charge < -0.3 is 14.2 Å². The number of ether oxygens (including phenoxy) is 3. The Hall–Kier alpha value is -1.09. The summed E-state index contributed by atoms with van der Waals surface area (Å²) in [5.74, 6) is 1.53. The zero-order valence-corrected chi connectivity index (χ0v) is 14.1. The molecule has 1 aromatic rings. The molecule has 2 saturated heterocycles. The van der Waals surface area contributed by atoms with Gasteiger partial charge in [0.05, 0.1) is 19.3 Å². The van der Waals surface area contributed by atoms with E-state index in [1.807, 2.05) is 4.68 Å². The van der Waals surface area contributed by atoms with Crippen LogP contribution in [0.25, 0.3) is 0 Å². The molecule has 0 aromatic carbocycles. The van der Waals surface area contributed by atoms with E-state index in [0.29, 0.717) is 18.6 Å². The quantitative estimate of drug-likeness (QED) is 0.715. The number of rotatable bonds is 7. The topological polar surface area (TPSA) is 74.5 Å². The summed E-state index contributed by atoms with van der Waals surface area (Å²) in [6.45, 7) is 4.92. The highest BCUT2D eigenvalue weighted by atomic mass is 16.5. The van der Waals surface area contributed by atoms with Gasteiger partial charge in [0.2, 0.25) is 0 Å². The minimum Gasteiger partial charge on any atom is -0.383 e. The molecule has 2 aliphatic rings. The van der Waals surface area contributed by atoms with E-state index in [2.05, 4.69) is 20.4 Å². The second-order valence-electron chi connectivity index (χ2n) is 6.46. The van der Waals surface area contributed by atoms with Crippen LogP contribution >= 0.6 is 0 Å². The Kier molecular flexibility index (Phi) is 5.93. The molecule has 0 N–H and O–H groups in total. The van der Waals surface area contributed by atoms with Crippen molar-refractivity contribution in [1.82, 2.24) is 25.1 Å². The maximum Gasteiger partial charge on any atom is 0.165 e. The normalized spacial score (nSPS) is 26.9. The van der Waals surface area contributed by atoms with Gasteiger partial charge in [-0.2, -0.15) is 0 Å². The average Bonchev–Trinajstić information content (AvgIpc) is 3.17. The van der Waals surface area contributed by atoms with Gasteiger partial charge in [0.25, 0.3) is 0 Å². The Morgan fingerprint density at radius 1 is 1.26 bits per heavy atom. The highest BCUT2D eigenvalue weighted by Gasteiger charge is 2.33. The maximum atomic E-state index is 5.52. The Balaban J connectivity index is 1.61. The molecule has 8 nitrogen and oxygen atoms in total. The van der Waals surface area contributed by atoms with E-state index < -0.39 is 0 Å². The second-order valence-corrected chi connectivity index (χ2v) is 6.46. The molecule has 2 aliphatic heterocycles. The summed E-state index contributed by atoms with van der Waals surface area (Å²) in [6.07, 6.45) is 3.42. The zero-order chi connectivity index (χ0) is 16.1. The van der Waals surface area contributed by atoms with Crippen LogP contribution < -0.4 is 0 Å². The lowest BCUT2D eigenvalue weighted by Gasteiger charge is -2.24. The molecule has 23 heavy (non-hydrogen) atoms. The molecule has 0 unspecified atom stereocenters. The van der Waals surface area contributed by atoms with Crippen LogP contribution in [0.1, 0.15) is 25.1 Å². The van der Waals surface area contributed by atoms with Crippen molar-refractivity contribution in [2.75, 3.05) is 40.6 Å². The largest absolute Gasteiger partial charge is 0.383 e. The molecule has 0 amide bonds. The molecule has 0 radical (unpaired) electrons. The van der Waals surface area contributed by atoms with Gasteiger partial charge in [-0.05, 0) is 35.6 Å². The summed E-state index contributed by atoms with van der Waals surface area (Å²) in [4.78, 5) is 2.36. The maximum absolute atomic E-state index is 5.52. The molecule has 0 aliphatic carbocycles. The lowest BCUT2D eigenvalue weighted by atomic mass is 10.0. The van der Waals surface area contributed by atoms with Crippen LogP contribution in [0.4, 0.5) is 0 Å². The van der Waals surface area contributed by atoms with E-state index in [4.69, 9.17) is 14.2 Å². The number of methoxy groups -OCH3 is 2. The number of hydrogen-bond acceptors (Lipinski definition) is 7. The highest BCUT2D eigenvalue weighted by Crippen LogP contribution is 2.23. The Morgan fingerprint density at radius 3 is 2.83 bits per heavy atom. The molecule has 8 heteroatoms. The number of hydrogen-bond donors (Lipinski definition) is 0. The van der Waals surface area contributed by atoms with Crippen molar-refractivity contribution in [2.45, 2.75) is 44.5 Å². The van der Waals surface area contributed by atoms with E-state index in [1.165, 1.54) is 0 Å². The molecule has 1 aromatic heterocycles. The molecule has 0 spiro atoms. The van der Waals surface area contributed by atoms with Crippen LogP contribution in [0.3, 0.4) is 0 Å². The first-order valence-corrected chi connectivity index (χ1v) is 8.38. The van der Waals surface area contributed by atoms with Crippen molar-refractivity contribution < 1.29 is 14.2 Å². The van der Waals surface area contributed by atoms with Crippen LogP contribution in [0.15, 0.2) is 0 Å². The van der Waals surface area contributed by atoms with E-state index in [9.17, 15) is 0 Å². The van der Waals surface area contributed by atoms with E-state index >= 15 is 0 Å². The van der Waals surface area contributed by atoms with Crippen LogP contribution in [-0.2, 0) is 27.3 Å². The van der Waals surface area contributed by atoms with E-state index in [0.717, 1.165) is 57.9 Å². The Labute approximate surface area is 137 Å². The molecule has 3 heterocycles. The standard InChI is InChI=1S/C15H27N5O3/c1-21-11-13-7-14(22-2)9-19(13)10-15-16-17-18-20(15)8-12-3-5-23-6-4-12/h12-14H,3-11H2,1-2H3/t13-,14+/m0/s1. The number of tetrazole rings is 1. The Bertz CT molecular complexity index is 477. The van der Waals surface area contributed by atoms with Crippen molar-refractivity contribution >= 4 is 0 Å². The summed E-state index contributed by atoms with van der Waals surface area (Å²) < 4.78 is 18.3. The summed E-state index contributed by atoms with van der Waals surface area (Å²) in [6, 6.07) is 0.359. The van der Waals surface area contributed by atoms with Gasteiger partial charge >= 0.3 is 0 Å². The fraction of sp³-hybridized carbons (Fsp3) is 0.933. The number of likely N-dealkylation sites (tertiary alicyclic amines) is 1. The molecule has 0 saturated carbocycles. The van der Waals surface area contributed by atoms with Crippen LogP contribution in [0, 0.1) is 5.92 Å². The van der Waals surface area contributed by atoms with Gasteiger partial charge in [0.1, 0.15) is 0 Å². The van der Waals surface area contributed by atoms with Crippen molar-refractivity contribution in [2.24, 2.45) is 5.92 Å². The lowest BCUT2D eigenvalue weighted by Crippen LogP contribution is -2.34. The minimum absolute atomic E-state index is 0.259. The Morgan fingerprint density at radius 2 is 2.09 bits per heavy atom. The van der Waals surface area contributed by atoms with Crippen LogP contribution in [0.2, 0.25) is 0 Å². The predicted molar refractivity (Wildman–Crippen MR) is 82.8 cm³/mol. The first-order chi connectivity index (χ1) is 11.3. The molecular weight excluding hydrogens is 298 g/mol. The smallest absolute Gasteiger partial charge is 0.165 e. The summed E-state index contributed by atoms with van der Waals surface area (Å²) in [7, 11) is 3.51. The van der Waals surface area contributed by atoms with Gasteiger partial charge in [-0.3, -0.25) is 4.90 Å². The summed E-state index contributed by atoms with van der Waals surface area (Å²) in [5, 5.41) is 12.3. The number of aromatic nitrogens is 4. The first kappa shape index (κ1) is 16.8. The molecule has 2 atom stereocenters. The third-order valence-corrected chi connectivity index (χ3v) is 4.90. The summed E-state index contributed by atoms with van der Waals surface area (Å²) in [5.41, 5.74) is 0. The van der Waals surface area contributed by atoms with Crippen molar-refractivity contribution in [3.63, 3.8) is 0 Å². The molecule has 3 rings (SSSR count). The van der Waals surface area contributed by atoms with Gasteiger partial charge in [0.15, 0.2) is 5.82 Å². The molecule has 2 fully saturated rings. The third-order valence-electron chi connectivity index (χ3n) is 4.90. The van der Waals surface area contributed by atoms with Crippen LogP contribution in [-0.4, -0.2) is 77.8 Å². The van der Waals surface area contributed by atoms with Gasteiger partial charge in [-0.25, -0.2) is 4.68 Å². The molecule has 0 bridgehead atoms. The van der Waals surface area contributed by atoms with Gasteiger partial charge in [0, 0.05) is 46.6 Å². The minimum atomic E-state index is 0.259. The number of nitrogens with zero attached hydrogens (tertiary/aromatic N) is 5.